The van der Waals surface area contributed by atoms with Crippen molar-refractivity contribution in [3.8, 4) is 0 Å². The highest BCUT2D eigenvalue weighted by Crippen LogP contribution is 2.21. The first kappa shape index (κ1) is 13.2. The summed E-state index contributed by atoms with van der Waals surface area (Å²) in [6, 6.07) is 6.66. The standard InChI is InChI=1S/C14H16O3/c1-4-10(2)9-13(15)11-5-7-12(8-6-11)14(16)17-3/h4-8,13,15H,1-2,9H2,3H3. The Morgan fingerprint density at radius 1 is 1.47 bits per heavy atom. The van der Waals surface area contributed by atoms with Gasteiger partial charge in [0.2, 0.25) is 0 Å². The Bertz CT molecular complexity index is 418. The van der Waals surface area contributed by atoms with Crippen LogP contribution in [-0.4, -0.2) is 18.2 Å². The minimum atomic E-state index is -0.632. The molecule has 0 radical (unpaired) electrons. The summed E-state index contributed by atoms with van der Waals surface area (Å²) in [5, 5.41) is 9.88. The zero-order chi connectivity index (χ0) is 12.8. The average molecular weight is 232 g/mol. The predicted molar refractivity (Wildman–Crippen MR) is 66.7 cm³/mol. The summed E-state index contributed by atoms with van der Waals surface area (Å²) in [5.41, 5.74) is 1.97. The molecule has 90 valence electrons. The maximum Gasteiger partial charge on any atom is 0.337 e. The van der Waals surface area contributed by atoms with Gasteiger partial charge in [0.15, 0.2) is 0 Å². The maximum absolute atomic E-state index is 11.2. The molecule has 0 saturated heterocycles. The molecular formula is C14H16O3. The van der Waals surface area contributed by atoms with Crippen LogP contribution in [-0.2, 0) is 4.74 Å². The highest BCUT2D eigenvalue weighted by atomic mass is 16.5. The monoisotopic (exact) mass is 232 g/mol. The largest absolute Gasteiger partial charge is 0.465 e. The summed E-state index contributed by atoms with van der Waals surface area (Å²) < 4.78 is 4.59. The number of methoxy groups -OCH3 is 1. The van der Waals surface area contributed by atoms with Gasteiger partial charge in [-0.15, -0.1) is 0 Å². The number of aliphatic hydroxyl groups excluding tert-OH is 1. The normalized spacial score (nSPS) is 11.6. The molecule has 0 aromatic heterocycles. The Morgan fingerprint density at radius 3 is 2.53 bits per heavy atom. The van der Waals surface area contributed by atoms with Crippen molar-refractivity contribution < 1.29 is 14.6 Å². The first-order valence-corrected chi connectivity index (χ1v) is 5.25. The number of allylic oxidation sites excluding steroid dienone is 1. The van der Waals surface area contributed by atoms with E-state index in [-0.39, 0.29) is 5.97 Å². The molecule has 0 aliphatic heterocycles. The van der Waals surface area contributed by atoms with Gasteiger partial charge in [0.05, 0.1) is 18.8 Å². The molecule has 3 nitrogen and oxygen atoms in total. The van der Waals surface area contributed by atoms with Gasteiger partial charge in [0, 0.05) is 6.42 Å². The third-order valence-corrected chi connectivity index (χ3v) is 2.46. The number of hydrogen-bond donors (Lipinski definition) is 1. The topological polar surface area (TPSA) is 46.5 Å². The highest BCUT2D eigenvalue weighted by Gasteiger charge is 2.10. The lowest BCUT2D eigenvalue weighted by atomic mass is 10.0. The summed E-state index contributed by atoms with van der Waals surface area (Å²) >= 11 is 0. The summed E-state index contributed by atoms with van der Waals surface area (Å²) in [6.07, 6.45) is 1.42. The second-order valence-electron chi connectivity index (χ2n) is 3.70. The van der Waals surface area contributed by atoms with Gasteiger partial charge in [0.25, 0.3) is 0 Å². The number of esters is 1. The minimum Gasteiger partial charge on any atom is -0.465 e. The Balaban J connectivity index is 2.76. The SMILES string of the molecule is C=CC(=C)CC(O)c1ccc(C(=O)OC)cc1. The maximum atomic E-state index is 11.2. The van der Waals surface area contributed by atoms with E-state index in [2.05, 4.69) is 17.9 Å². The van der Waals surface area contributed by atoms with Crippen LogP contribution in [0.25, 0.3) is 0 Å². The lowest BCUT2D eigenvalue weighted by Crippen LogP contribution is -2.03. The van der Waals surface area contributed by atoms with Crippen molar-refractivity contribution in [2.45, 2.75) is 12.5 Å². The number of aliphatic hydroxyl groups is 1. The molecule has 0 saturated carbocycles. The van der Waals surface area contributed by atoms with E-state index in [1.807, 2.05) is 0 Å². The van der Waals surface area contributed by atoms with Crippen molar-refractivity contribution >= 4 is 5.97 Å². The molecule has 0 fully saturated rings. The van der Waals surface area contributed by atoms with Crippen LogP contribution in [0.4, 0.5) is 0 Å². The van der Waals surface area contributed by atoms with Crippen LogP contribution in [0, 0.1) is 0 Å². The summed E-state index contributed by atoms with van der Waals surface area (Å²) in [6.45, 7) is 7.33. The van der Waals surface area contributed by atoms with Crippen LogP contribution in [0.2, 0.25) is 0 Å². The number of benzene rings is 1. The number of ether oxygens (including phenoxy) is 1. The molecule has 1 aromatic rings. The van der Waals surface area contributed by atoms with Crippen molar-refractivity contribution in [1.29, 1.82) is 0 Å². The van der Waals surface area contributed by atoms with Crippen LogP contribution < -0.4 is 0 Å². The fourth-order valence-corrected chi connectivity index (χ4v) is 1.41. The van der Waals surface area contributed by atoms with E-state index in [4.69, 9.17) is 0 Å². The first-order valence-electron chi connectivity index (χ1n) is 5.25. The fraction of sp³-hybridized carbons (Fsp3) is 0.214. The number of carbonyl (C=O) groups is 1. The molecule has 1 N–H and O–H groups in total. The summed E-state index contributed by atoms with van der Waals surface area (Å²) in [7, 11) is 1.33. The minimum absolute atomic E-state index is 0.387. The molecule has 1 rings (SSSR count). The van der Waals surface area contributed by atoms with Gasteiger partial charge in [-0.25, -0.2) is 4.79 Å². The van der Waals surface area contributed by atoms with E-state index in [1.165, 1.54) is 7.11 Å². The molecule has 1 atom stereocenters. The lowest BCUT2D eigenvalue weighted by Gasteiger charge is -2.11. The van der Waals surface area contributed by atoms with Crippen molar-refractivity contribution in [1.82, 2.24) is 0 Å². The van der Waals surface area contributed by atoms with E-state index in [1.54, 1.807) is 30.3 Å². The molecule has 0 heterocycles. The number of rotatable bonds is 5. The number of hydrogen-bond acceptors (Lipinski definition) is 3. The molecule has 1 aromatic carbocycles. The molecule has 3 heteroatoms. The van der Waals surface area contributed by atoms with E-state index in [9.17, 15) is 9.90 Å². The van der Waals surface area contributed by atoms with Gasteiger partial charge >= 0.3 is 5.97 Å². The molecule has 1 unspecified atom stereocenters. The van der Waals surface area contributed by atoms with Gasteiger partial charge in [-0.3, -0.25) is 0 Å². The van der Waals surface area contributed by atoms with E-state index in [0.717, 1.165) is 11.1 Å². The smallest absolute Gasteiger partial charge is 0.337 e. The van der Waals surface area contributed by atoms with Crippen molar-refractivity contribution in [3.05, 3.63) is 60.2 Å². The molecule has 0 amide bonds. The Morgan fingerprint density at radius 2 is 2.06 bits per heavy atom. The average Bonchev–Trinajstić information content (AvgIpc) is 2.37. The fourth-order valence-electron chi connectivity index (χ4n) is 1.41. The van der Waals surface area contributed by atoms with Crippen LogP contribution in [0.5, 0.6) is 0 Å². The molecule has 0 aliphatic carbocycles. The zero-order valence-corrected chi connectivity index (χ0v) is 9.85. The van der Waals surface area contributed by atoms with Crippen LogP contribution in [0.15, 0.2) is 49.1 Å². The van der Waals surface area contributed by atoms with Gasteiger partial charge in [-0.1, -0.05) is 36.9 Å². The van der Waals surface area contributed by atoms with Crippen molar-refractivity contribution in [2.75, 3.05) is 7.11 Å². The zero-order valence-electron chi connectivity index (χ0n) is 9.85. The van der Waals surface area contributed by atoms with Crippen molar-refractivity contribution in [3.63, 3.8) is 0 Å². The summed E-state index contributed by atoms with van der Waals surface area (Å²) in [4.78, 5) is 11.2. The highest BCUT2D eigenvalue weighted by molar-refractivity contribution is 5.89. The van der Waals surface area contributed by atoms with Gasteiger partial charge in [-0.05, 0) is 17.7 Å². The number of carbonyl (C=O) groups excluding carboxylic acids is 1. The molecule has 17 heavy (non-hydrogen) atoms. The second-order valence-corrected chi connectivity index (χ2v) is 3.70. The quantitative estimate of drug-likeness (QED) is 0.627. The van der Waals surface area contributed by atoms with Gasteiger partial charge in [0.1, 0.15) is 0 Å². The third-order valence-electron chi connectivity index (χ3n) is 2.46. The van der Waals surface area contributed by atoms with E-state index >= 15 is 0 Å². The first-order chi connectivity index (χ1) is 8.08. The summed E-state index contributed by atoms with van der Waals surface area (Å²) in [5.74, 6) is -0.387. The Kier molecular flexibility index (Phi) is 4.67. The Hall–Kier alpha value is -1.87. The molecule has 0 aliphatic rings. The van der Waals surface area contributed by atoms with E-state index < -0.39 is 6.10 Å². The molecule has 0 bridgehead atoms. The Labute approximate surface area is 101 Å². The third kappa shape index (κ3) is 3.57. The molecular weight excluding hydrogens is 216 g/mol. The second kappa shape index (κ2) is 6.01. The van der Waals surface area contributed by atoms with Crippen molar-refractivity contribution in [2.24, 2.45) is 0 Å². The van der Waals surface area contributed by atoms with Crippen LogP contribution in [0.1, 0.15) is 28.4 Å². The van der Waals surface area contributed by atoms with E-state index in [0.29, 0.717) is 12.0 Å². The van der Waals surface area contributed by atoms with Gasteiger partial charge < -0.3 is 9.84 Å². The molecule has 0 spiro atoms. The van der Waals surface area contributed by atoms with Gasteiger partial charge in [-0.2, -0.15) is 0 Å². The van der Waals surface area contributed by atoms with Crippen LogP contribution >= 0.6 is 0 Å². The predicted octanol–water partition coefficient (Wildman–Crippen LogP) is 2.64. The van der Waals surface area contributed by atoms with Crippen LogP contribution in [0.3, 0.4) is 0 Å². The lowest BCUT2D eigenvalue weighted by molar-refractivity contribution is 0.0600.